The first-order valence-corrected chi connectivity index (χ1v) is 14.9. The Kier molecular flexibility index (Phi) is 9.41. The molecule has 0 aromatic heterocycles. The average molecular weight is 595 g/mol. The second-order valence-electron chi connectivity index (χ2n) is 11.0. The second kappa shape index (κ2) is 13.4. The highest BCUT2D eigenvalue weighted by atomic mass is 35.5. The predicted molar refractivity (Wildman–Crippen MR) is 182 cm³/mol. The molecule has 3 nitrogen and oxygen atoms in total. The molecule has 0 aliphatic carbocycles. The van der Waals surface area contributed by atoms with Crippen LogP contribution in [0.4, 0.5) is 17.1 Å². The summed E-state index contributed by atoms with van der Waals surface area (Å²) >= 11 is 12.9. The maximum Gasteiger partial charge on any atom is 0.0455 e. The molecule has 0 N–H and O–H groups in total. The van der Waals surface area contributed by atoms with Gasteiger partial charge in [-0.15, -0.1) is 0 Å². The van der Waals surface area contributed by atoms with Gasteiger partial charge in [0.15, 0.2) is 0 Å². The van der Waals surface area contributed by atoms with E-state index in [4.69, 9.17) is 23.2 Å². The summed E-state index contributed by atoms with van der Waals surface area (Å²) in [6, 6.07) is 42.8. The van der Waals surface area contributed by atoms with E-state index in [1.165, 1.54) is 22.4 Å². The Hall–Kier alpha value is -3.92. The third kappa shape index (κ3) is 6.92. The third-order valence-electron chi connectivity index (χ3n) is 7.81. The van der Waals surface area contributed by atoms with Gasteiger partial charge in [-0.2, -0.15) is 0 Å². The molecular formula is C37H37Cl2N3. The summed E-state index contributed by atoms with van der Waals surface area (Å²) in [5.41, 5.74) is 9.47. The molecule has 42 heavy (non-hydrogen) atoms. The van der Waals surface area contributed by atoms with Gasteiger partial charge < -0.3 is 14.7 Å². The van der Waals surface area contributed by atoms with E-state index < -0.39 is 0 Å². The molecule has 0 radical (unpaired) electrons. The molecule has 0 bridgehead atoms. The van der Waals surface area contributed by atoms with Crippen LogP contribution >= 0.6 is 23.2 Å². The lowest BCUT2D eigenvalue weighted by Gasteiger charge is -2.24. The number of benzene rings is 5. The van der Waals surface area contributed by atoms with E-state index in [1.807, 2.05) is 36.4 Å². The van der Waals surface area contributed by atoms with Crippen molar-refractivity contribution in [3.63, 3.8) is 0 Å². The molecule has 5 aromatic carbocycles. The van der Waals surface area contributed by atoms with E-state index in [2.05, 4.69) is 128 Å². The van der Waals surface area contributed by atoms with E-state index in [9.17, 15) is 0 Å². The molecule has 5 heteroatoms. The zero-order valence-electron chi connectivity index (χ0n) is 24.6. The van der Waals surface area contributed by atoms with Gasteiger partial charge in [0.25, 0.3) is 0 Å². The maximum absolute atomic E-state index is 6.43. The minimum absolute atomic E-state index is 0.104. The van der Waals surface area contributed by atoms with E-state index >= 15 is 0 Å². The normalized spacial score (nSPS) is 11.0. The molecule has 214 valence electrons. The summed E-state index contributed by atoms with van der Waals surface area (Å²) in [7, 11) is 8.35. The Morgan fingerprint density at radius 2 is 0.786 bits per heavy atom. The quantitative estimate of drug-likeness (QED) is 0.149. The Bertz CT molecular complexity index is 1500. The summed E-state index contributed by atoms with van der Waals surface area (Å²) in [4.78, 5) is 6.59. The Labute approximate surface area is 260 Å². The summed E-state index contributed by atoms with van der Waals surface area (Å²) < 4.78 is 0. The Morgan fingerprint density at radius 3 is 1.12 bits per heavy atom. The van der Waals surface area contributed by atoms with E-state index in [1.54, 1.807) is 0 Å². The fraction of sp³-hybridized carbons (Fsp3) is 0.189. The highest BCUT2D eigenvalue weighted by Crippen LogP contribution is 2.35. The molecule has 0 atom stereocenters. The maximum atomic E-state index is 6.43. The molecule has 0 saturated carbocycles. The predicted octanol–water partition coefficient (Wildman–Crippen LogP) is 9.51. The Balaban J connectivity index is 1.42. The molecule has 0 aliphatic rings. The van der Waals surface area contributed by atoms with Crippen LogP contribution in [0.5, 0.6) is 0 Å². The molecular weight excluding hydrogens is 557 g/mol. The van der Waals surface area contributed by atoms with Gasteiger partial charge >= 0.3 is 0 Å². The number of rotatable bonds is 10. The monoisotopic (exact) mass is 593 g/mol. The number of hydrogen-bond donors (Lipinski definition) is 0. The van der Waals surface area contributed by atoms with E-state index in [0.717, 1.165) is 45.6 Å². The molecule has 0 fully saturated rings. The van der Waals surface area contributed by atoms with Crippen molar-refractivity contribution >= 4 is 40.3 Å². The van der Waals surface area contributed by atoms with Gasteiger partial charge in [0, 0.05) is 74.3 Å². The lowest BCUT2D eigenvalue weighted by atomic mass is 9.85. The van der Waals surface area contributed by atoms with Crippen molar-refractivity contribution < 1.29 is 0 Å². The SMILES string of the molecule is CN(C)c1ccc(C(c2ccc(N(C)Cc3ccccc3Cl)cc2)c2ccc(N(C)Cc3ccccc3Cl)cc2)cc1. The topological polar surface area (TPSA) is 9.72 Å². The lowest BCUT2D eigenvalue weighted by molar-refractivity contribution is 0.914. The molecule has 0 spiro atoms. The molecule has 0 unspecified atom stereocenters. The summed E-state index contributed by atoms with van der Waals surface area (Å²) in [6.07, 6.45) is 0. The smallest absolute Gasteiger partial charge is 0.0455 e. The van der Waals surface area contributed by atoms with Crippen molar-refractivity contribution in [1.82, 2.24) is 0 Å². The fourth-order valence-corrected chi connectivity index (χ4v) is 5.72. The van der Waals surface area contributed by atoms with E-state index in [0.29, 0.717) is 0 Å². The molecule has 0 amide bonds. The molecule has 5 rings (SSSR count). The first-order valence-electron chi connectivity index (χ1n) is 14.2. The summed E-state index contributed by atoms with van der Waals surface area (Å²) in [5.74, 6) is 0.104. The van der Waals surface area contributed by atoms with Crippen LogP contribution in [0.2, 0.25) is 10.0 Å². The largest absolute Gasteiger partial charge is 0.378 e. The van der Waals surface area contributed by atoms with Gasteiger partial charge in [0.05, 0.1) is 0 Å². The van der Waals surface area contributed by atoms with Crippen molar-refractivity contribution in [3.8, 4) is 0 Å². The Morgan fingerprint density at radius 1 is 0.452 bits per heavy atom. The van der Waals surface area contributed by atoms with Crippen LogP contribution in [0.1, 0.15) is 33.7 Å². The zero-order valence-corrected chi connectivity index (χ0v) is 26.1. The first kappa shape index (κ1) is 29.6. The highest BCUT2D eigenvalue weighted by molar-refractivity contribution is 6.31. The van der Waals surface area contributed by atoms with Crippen molar-refractivity contribution in [2.24, 2.45) is 0 Å². The van der Waals surface area contributed by atoms with E-state index in [-0.39, 0.29) is 5.92 Å². The highest BCUT2D eigenvalue weighted by Gasteiger charge is 2.18. The number of halogens is 2. The van der Waals surface area contributed by atoms with Crippen molar-refractivity contribution in [3.05, 3.63) is 159 Å². The number of hydrogen-bond acceptors (Lipinski definition) is 3. The summed E-state index contributed by atoms with van der Waals surface area (Å²) in [5, 5.41) is 1.59. The number of nitrogens with zero attached hydrogens (tertiary/aromatic N) is 3. The van der Waals surface area contributed by atoms with Gasteiger partial charge in [0.2, 0.25) is 0 Å². The van der Waals surface area contributed by atoms with Gasteiger partial charge in [-0.05, 0) is 76.3 Å². The van der Waals surface area contributed by atoms with Crippen LogP contribution in [-0.4, -0.2) is 28.2 Å². The molecule has 5 aromatic rings. The molecule has 0 heterocycles. The molecule has 0 aliphatic heterocycles. The summed E-state index contributed by atoms with van der Waals surface area (Å²) in [6.45, 7) is 1.50. The van der Waals surface area contributed by atoms with Gasteiger partial charge in [0.1, 0.15) is 0 Å². The van der Waals surface area contributed by atoms with Gasteiger partial charge in [-0.1, -0.05) is 96.0 Å². The van der Waals surface area contributed by atoms with Crippen LogP contribution in [-0.2, 0) is 13.1 Å². The lowest BCUT2D eigenvalue weighted by Crippen LogP contribution is -2.17. The van der Waals surface area contributed by atoms with Crippen molar-refractivity contribution in [2.75, 3.05) is 42.9 Å². The fourth-order valence-electron chi connectivity index (χ4n) is 5.33. The van der Waals surface area contributed by atoms with Crippen LogP contribution in [0.3, 0.4) is 0 Å². The number of anilines is 3. The van der Waals surface area contributed by atoms with Crippen LogP contribution in [0, 0.1) is 0 Å². The third-order valence-corrected chi connectivity index (χ3v) is 8.55. The second-order valence-corrected chi connectivity index (χ2v) is 11.8. The minimum Gasteiger partial charge on any atom is -0.378 e. The molecule has 0 saturated heterocycles. The van der Waals surface area contributed by atoms with Crippen LogP contribution in [0.15, 0.2) is 121 Å². The van der Waals surface area contributed by atoms with Crippen molar-refractivity contribution in [1.29, 1.82) is 0 Å². The van der Waals surface area contributed by atoms with Crippen molar-refractivity contribution in [2.45, 2.75) is 19.0 Å². The van der Waals surface area contributed by atoms with Crippen LogP contribution < -0.4 is 14.7 Å². The standard InChI is InChI=1S/C37H37Cl2N3/c1-40(2)32-19-13-27(14-20-32)37(28-15-21-33(22-16-28)41(3)25-30-9-5-7-11-35(30)38)29-17-23-34(24-18-29)42(4)26-31-10-6-8-12-36(31)39/h5-24,37H,25-26H2,1-4H3. The zero-order chi connectivity index (χ0) is 29.6. The van der Waals surface area contributed by atoms with Gasteiger partial charge in [-0.3, -0.25) is 0 Å². The average Bonchev–Trinajstić information content (AvgIpc) is 3.00. The first-order chi connectivity index (χ1) is 20.3. The van der Waals surface area contributed by atoms with Crippen LogP contribution in [0.25, 0.3) is 0 Å². The minimum atomic E-state index is 0.104. The van der Waals surface area contributed by atoms with Gasteiger partial charge in [-0.25, -0.2) is 0 Å².